The largest absolute Gasteiger partial charge is 0.505 e. The summed E-state index contributed by atoms with van der Waals surface area (Å²) < 4.78 is 18.6. The number of phenols is 1. The van der Waals surface area contributed by atoms with E-state index in [4.69, 9.17) is 17.0 Å². The Bertz CT molecular complexity index is 545. The average Bonchev–Trinajstić information content (AvgIpc) is 2.36. The van der Waals surface area contributed by atoms with Crippen molar-refractivity contribution in [3.8, 4) is 11.5 Å². The number of thiocarbonyl (C=S) groups is 1. The van der Waals surface area contributed by atoms with Crippen molar-refractivity contribution >= 4 is 17.3 Å². The fourth-order valence-corrected chi connectivity index (χ4v) is 1.43. The normalized spacial score (nSPS) is 9.94. The van der Waals surface area contributed by atoms with Crippen LogP contribution in [0.15, 0.2) is 42.7 Å². The van der Waals surface area contributed by atoms with E-state index in [1.807, 2.05) is 0 Å². The Morgan fingerprint density at radius 1 is 1.29 bits per heavy atom. The molecule has 0 aliphatic carbocycles. The van der Waals surface area contributed by atoms with Crippen LogP contribution in [0, 0.1) is 5.82 Å². The molecule has 0 saturated carbocycles. The topological polar surface area (TPSA) is 42.4 Å². The summed E-state index contributed by atoms with van der Waals surface area (Å²) in [6, 6.07) is 7.49. The molecule has 3 nitrogen and oxygen atoms in total. The molecule has 0 radical (unpaired) electrons. The van der Waals surface area contributed by atoms with Crippen molar-refractivity contribution in [3.05, 3.63) is 54.1 Å². The van der Waals surface area contributed by atoms with Crippen LogP contribution in [0.4, 0.5) is 4.39 Å². The van der Waals surface area contributed by atoms with E-state index in [0.29, 0.717) is 5.56 Å². The van der Waals surface area contributed by atoms with Crippen molar-refractivity contribution in [1.82, 2.24) is 4.98 Å². The maximum absolute atomic E-state index is 13.4. The van der Waals surface area contributed by atoms with Crippen LogP contribution < -0.4 is 4.74 Å². The highest BCUT2D eigenvalue weighted by Gasteiger charge is 2.11. The van der Waals surface area contributed by atoms with Crippen LogP contribution in [0.5, 0.6) is 11.5 Å². The van der Waals surface area contributed by atoms with Crippen LogP contribution in [-0.4, -0.2) is 15.1 Å². The van der Waals surface area contributed by atoms with Crippen molar-refractivity contribution in [2.24, 2.45) is 0 Å². The molecule has 1 aromatic heterocycles. The summed E-state index contributed by atoms with van der Waals surface area (Å²) >= 11 is 4.99. The van der Waals surface area contributed by atoms with Crippen molar-refractivity contribution in [1.29, 1.82) is 0 Å². The number of nitrogens with zero attached hydrogens (tertiary/aromatic N) is 1. The molecule has 1 heterocycles. The Morgan fingerprint density at radius 3 is 2.82 bits per heavy atom. The summed E-state index contributed by atoms with van der Waals surface area (Å²) in [6.07, 6.45) is 3.12. The fourth-order valence-electron chi connectivity index (χ4n) is 1.22. The van der Waals surface area contributed by atoms with Crippen LogP contribution in [0.2, 0.25) is 0 Å². The van der Waals surface area contributed by atoms with Gasteiger partial charge in [0.2, 0.25) is 5.82 Å². The second-order valence-corrected chi connectivity index (χ2v) is 3.59. The number of hydrogen-bond acceptors (Lipinski definition) is 4. The van der Waals surface area contributed by atoms with Crippen LogP contribution >= 0.6 is 12.2 Å². The number of aromatic nitrogens is 1. The molecule has 2 aromatic rings. The second kappa shape index (κ2) is 4.88. The molecule has 17 heavy (non-hydrogen) atoms. The molecule has 0 unspecified atom stereocenters. The smallest absolute Gasteiger partial charge is 0.207 e. The first kappa shape index (κ1) is 11.5. The van der Waals surface area contributed by atoms with E-state index in [9.17, 15) is 9.50 Å². The molecular formula is C12H8FNO2S. The summed E-state index contributed by atoms with van der Waals surface area (Å²) in [6.45, 7) is 0. The van der Waals surface area contributed by atoms with Gasteiger partial charge in [0.25, 0.3) is 0 Å². The van der Waals surface area contributed by atoms with Crippen molar-refractivity contribution in [2.45, 2.75) is 0 Å². The molecule has 5 heteroatoms. The van der Waals surface area contributed by atoms with Gasteiger partial charge in [-0.25, -0.2) is 0 Å². The van der Waals surface area contributed by atoms with Crippen molar-refractivity contribution < 1.29 is 14.2 Å². The predicted molar refractivity (Wildman–Crippen MR) is 64.6 cm³/mol. The van der Waals surface area contributed by atoms with E-state index in [2.05, 4.69) is 4.98 Å². The third-order valence-corrected chi connectivity index (χ3v) is 2.36. The first-order chi connectivity index (χ1) is 8.18. The van der Waals surface area contributed by atoms with Gasteiger partial charge in [-0.05, 0) is 36.5 Å². The van der Waals surface area contributed by atoms with E-state index < -0.39 is 11.6 Å². The number of halogens is 1. The number of ether oxygens (including phenoxy) is 1. The van der Waals surface area contributed by atoms with Crippen molar-refractivity contribution in [3.63, 3.8) is 0 Å². The molecule has 1 N–H and O–H groups in total. The molecule has 2 rings (SSSR count). The Hall–Kier alpha value is -2.01. The average molecular weight is 249 g/mol. The minimum Gasteiger partial charge on any atom is -0.505 e. The molecule has 0 spiro atoms. The van der Waals surface area contributed by atoms with Crippen LogP contribution in [0.1, 0.15) is 5.56 Å². The number of hydrogen-bond donors (Lipinski definition) is 1. The van der Waals surface area contributed by atoms with Crippen LogP contribution in [0.3, 0.4) is 0 Å². The van der Waals surface area contributed by atoms with Crippen LogP contribution in [-0.2, 0) is 0 Å². The van der Waals surface area contributed by atoms with Gasteiger partial charge >= 0.3 is 0 Å². The molecule has 0 bridgehead atoms. The Labute approximate surface area is 103 Å². The van der Waals surface area contributed by atoms with E-state index >= 15 is 0 Å². The van der Waals surface area contributed by atoms with E-state index in [0.717, 1.165) is 0 Å². The highest BCUT2D eigenvalue weighted by molar-refractivity contribution is 7.80. The zero-order valence-corrected chi connectivity index (χ0v) is 9.45. The van der Waals surface area contributed by atoms with Gasteiger partial charge in [-0.15, -0.1) is 0 Å². The van der Waals surface area contributed by atoms with Gasteiger partial charge in [-0.2, -0.15) is 4.39 Å². The summed E-state index contributed by atoms with van der Waals surface area (Å²) in [7, 11) is 0. The van der Waals surface area contributed by atoms with E-state index in [-0.39, 0.29) is 10.8 Å². The maximum atomic E-state index is 13.4. The minimum atomic E-state index is -0.834. The SMILES string of the molecule is Oc1cccc(OC(=S)c2cccnc2)c1F. The number of pyridine rings is 1. The Morgan fingerprint density at radius 2 is 2.12 bits per heavy atom. The number of rotatable bonds is 2. The fraction of sp³-hybridized carbons (Fsp3) is 0. The number of phenolic OH excluding ortho intramolecular Hbond substituents is 1. The first-order valence-electron chi connectivity index (χ1n) is 4.78. The van der Waals surface area contributed by atoms with Crippen LogP contribution in [0.25, 0.3) is 0 Å². The Kier molecular flexibility index (Phi) is 3.30. The lowest BCUT2D eigenvalue weighted by Crippen LogP contribution is -2.08. The zero-order chi connectivity index (χ0) is 12.3. The molecule has 1 aromatic carbocycles. The summed E-state index contributed by atoms with van der Waals surface area (Å²) in [5.41, 5.74) is 0.574. The third-order valence-electron chi connectivity index (χ3n) is 2.04. The quantitative estimate of drug-likeness (QED) is 0.831. The molecule has 86 valence electrons. The lowest BCUT2D eigenvalue weighted by atomic mass is 10.3. The molecule has 0 aliphatic rings. The standard InChI is InChI=1S/C12H8FNO2S/c13-11-9(15)4-1-5-10(11)16-12(17)8-3-2-6-14-7-8/h1-7,15H. The van der Waals surface area contributed by atoms with Gasteiger partial charge in [-0.3, -0.25) is 4.98 Å². The molecule has 0 aliphatic heterocycles. The third kappa shape index (κ3) is 2.57. The molecular weight excluding hydrogens is 241 g/mol. The van der Waals surface area contributed by atoms with Gasteiger partial charge in [0.15, 0.2) is 16.5 Å². The minimum absolute atomic E-state index is 0.0996. The van der Waals surface area contributed by atoms with Gasteiger partial charge < -0.3 is 9.84 Å². The summed E-state index contributed by atoms with van der Waals surface area (Å²) in [5, 5.41) is 9.27. The second-order valence-electron chi connectivity index (χ2n) is 3.22. The maximum Gasteiger partial charge on any atom is 0.207 e. The Balaban J connectivity index is 2.22. The van der Waals surface area contributed by atoms with Gasteiger partial charge in [0, 0.05) is 18.0 Å². The molecule has 0 fully saturated rings. The zero-order valence-electron chi connectivity index (χ0n) is 8.63. The lowest BCUT2D eigenvalue weighted by molar-refractivity contribution is 0.412. The van der Waals surface area contributed by atoms with Gasteiger partial charge in [0.1, 0.15) is 0 Å². The monoisotopic (exact) mass is 249 g/mol. The van der Waals surface area contributed by atoms with Gasteiger partial charge in [-0.1, -0.05) is 6.07 Å². The highest BCUT2D eigenvalue weighted by Crippen LogP contribution is 2.25. The lowest BCUT2D eigenvalue weighted by Gasteiger charge is -2.08. The predicted octanol–water partition coefficient (Wildman–Crippen LogP) is 2.68. The molecule has 0 atom stereocenters. The summed E-state index contributed by atoms with van der Waals surface area (Å²) in [4.78, 5) is 3.88. The molecule has 0 saturated heterocycles. The highest BCUT2D eigenvalue weighted by atomic mass is 32.1. The van der Waals surface area contributed by atoms with E-state index in [1.165, 1.54) is 24.4 Å². The first-order valence-corrected chi connectivity index (χ1v) is 5.19. The van der Waals surface area contributed by atoms with Crippen molar-refractivity contribution in [2.75, 3.05) is 0 Å². The number of aromatic hydroxyl groups is 1. The van der Waals surface area contributed by atoms with Gasteiger partial charge in [0.05, 0.1) is 0 Å². The number of benzene rings is 1. The molecule has 0 amide bonds. The summed E-state index contributed by atoms with van der Waals surface area (Å²) in [5.74, 6) is -1.42. The van der Waals surface area contributed by atoms with E-state index in [1.54, 1.807) is 18.3 Å².